The molecule has 2 heterocycles. The van der Waals surface area contributed by atoms with Crippen molar-refractivity contribution in [3.8, 4) is 0 Å². The largest absolute Gasteiger partial charge is 0.444 e. The lowest BCUT2D eigenvalue weighted by Gasteiger charge is -2.31. The van der Waals surface area contributed by atoms with E-state index < -0.39 is 0 Å². The molecule has 2 aromatic rings. The molecule has 6 nitrogen and oxygen atoms in total. The van der Waals surface area contributed by atoms with Gasteiger partial charge in [0.15, 0.2) is 5.96 Å². The second-order valence-electron chi connectivity index (χ2n) is 9.07. The fraction of sp³-hybridized carbons (Fsp3) is 0.583. The van der Waals surface area contributed by atoms with Crippen molar-refractivity contribution in [1.82, 2.24) is 20.5 Å². The molecule has 1 aliphatic heterocycles. The quantitative estimate of drug-likeness (QED) is 0.523. The molecular formula is C24H34FN5O. The number of halogens is 1. The maximum absolute atomic E-state index is 13.6. The number of nitrogens with zero attached hydrogens (tertiary/aromatic N) is 3. The predicted molar refractivity (Wildman–Crippen MR) is 121 cm³/mol. The minimum atomic E-state index is -0.161. The number of aliphatic imine (C=N–C) groups is 1. The Kier molecular flexibility index (Phi) is 6.60. The summed E-state index contributed by atoms with van der Waals surface area (Å²) in [5.41, 5.74) is 2.11. The van der Waals surface area contributed by atoms with Crippen LogP contribution in [0.15, 0.2) is 33.7 Å². The maximum atomic E-state index is 13.6. The zero-order valence-electron chi connectivity index (χ0n) is 18.9. The molecule has 4 rings (SSSR count). The van der Waals surface area contributed by atoms with Crippen LogP contribution in [0.25, 0.3) is 0 Å². The maximum Gasteiger partial charge on any atom is 0.208 e. The van der Waals surface area contributed by atoms with E-state index in [1.807, 2.05) is 19.9 Å². The summed E-state index contributed by atoms with van der Waals surface area (Å²) in [6, 6.07) is 7.00. The molecule has 7 heteroatoms. The van der Waals surface area contributed by atoms with Crippen LogP contribution in [0.1, 0.15) is 48.6 Å². The summed E-state index contributed by atoms with van der Waals surface area (Å²) in [6.45, 7) is 8.56. The Morgan fingerprint density at radius 3 is 2.65 bits per heavy atom. The molecule has 0 radical (unpaired) electrons. The van der Waals surface area contributed by atoms with Gasteiger partial charge in [0.05, 0.1) is 12.2 Å². The van der Waals surface area contributed by atoms with Crippen LogP contribution in [0.3, 0.4) is 0 Å². The van der Waals surface area contributed by atoms with E-state index >= 15 is 0 Å². The van der Waals surface area contributed by atoms with Gasteiger partial charge in [0, 0.05) is 25.6 Å². The first-order valence-corrected chi connectivity index (χ1v) is 11.3. The number of benzene rings is 1. The highest BCUT2D eigenvalue weighted by Crippen LogP contribution is 2.47. The summed E-state index contributed by atoms with van der Waals surface area (Å²) in [7, 11) is 1.81. The lowest BCUT2D eigenvalue weighted by atomic mass is 9.96. The number of guanidine groups is 1. The fourth-order valence-corrected chi connectivity index (χ4v) is 4.40. The molecule has 0 unspecified atom stereocenters. The minimum Gasteiger partial charge on any atom is -0.444 e. The van der Waals surface area contributed by atoms with Crippen LogP contribution in [-0.2, 0) is 12.0 Å². The lowest BCUT2D eigenvalue weighted by Crippen LogP contribution is -2.44. The molecule has 2 N–H and O–H groups in total. The van der Waals surface area contributed by atoms with Gasteiger partial charge < -0.3 is 15.1 Å². The van der Waals surface area contributed by atoms with Gasteiger partial charge >= 0.3 is 0 Å². The van der Waals surface area contributed by atoms with E-state index in [4.69, 9.17) is 4.42 Å². The lowest BCUT2D eigenvalue weighted by molar-refractivity contribution is 0.164. The van der Waals surface area contributed by atoms with E-state index in [9.17, 15) is 4.39 Å². The molecule has 31 heavy (non-hydrogen) atoms. The Morgan fingerprint density at radius 2 is 2.03 bits per heavy atom. The molecule has 0 spiro atoms. The first-order chi connectivity index (χ1) is 15.0. The van der Waals surface area contributed by atoms with Crippen molar-refractivity contribution in [3.63, 3.8) is 0 Å². The van der Waals surface area contributed by atoms with Crippen molar-refractivity contribution >= 4 is 5.96 Å². The van der Waals surface area contributed by atoms with Gasteiger partial charge in [-0.05, 0) is 76.2 Å². The van der Waals surface area contributed by atoms with Gasteiger partial charge in [0.25, 0.3) is 0 Å². The van der Waals surface area contributed by atoms with Crippen LogP contribution in [0.2, 0.25) is 0 Å². The van der Waals surface area contributed by atoms with E-state index in [1.165, 1.54) is 6.07 Å². The van der Waals surface area contributed by atoms with Gasteiger partial charge in [-0.25, -0.2) is 9.37 Å². The fourth-order valence-electron chi connectivity index (χ4n) is 4.40. The molecule has 2 fully saturated rings. The van der Waals surface area contributed by atoms with Crippen molar-refractivity contribution in [2.75, 3.05) is 33.2 Å². The monoisotopic (exact) mass is 427 g/mol. The van der Waals surface area contributed by atoms with Gasteiger partial charge in [-0.2, -0.15) is 0 Å². The molecule has 1 saturated carbocycles. The van der Waals surface area contributed by atoms with Crippen molar-refractivity contribution < 1.29 is 8.81 Å². The topological polar surface area (TPSA) is 65.7 Å². The SMILES string of the molecule is CN=C(NCC1CCN(Cc2nc(C)c(C)o2)CC1)NCC1(c2cccc(F)c2)CC1. The number of aryl methyl sites for hydroxylation is 2. The van der Waals surface area contributed by atoms with E-state index in [2.05, 4.69) is 25.5 Å². The number of aromatic nitrogens is 1. The molecule has 1 aromatic heterocycles. The van der Waals surface area contributed by atoms with Crippen molar-refractivity contribution in [2.24, 2.45) is 10.9 Å². The normalized spacial score (nSPS) is 19.4. The number of piperidine rings is 1. The standard InChI is InChI=1S/C24H34FN5O/c1-17-18(2)31-22(29-17)15-30-11-7-19(8-12-30)14-27-23(26-3)28-16-24(9-10-24)20-5-4-6-21(25)13-20/h4-6,13,19H,7-12,14-16H2,1-3H3,(H2,26,27,28). The zero-order valence-corrected chi connectivity index (χ0v) is 18.9. The average molecular weight is 428 g/mol. The third-order valence-electron chi connectivity index (χ3n) is 6.81. The van der Waals surface area contributed by atoms with Crippen LogP contribution in [0.4, 0.5) is 4.39 Å². The molecule has 2 aliphatic rings. The van der Waals surface area contributed by atoms with Crippen molar-refractivity contribution in [1.29, 1.82) is 0 Å². The molecule has 168 valence electrons. The van der Waals surface area contributed by atoms with E-state index in [0.29, 0.717) is 5.92 Å². The summed E-state index contributed by atoms with van der Waals surface area (Å²) in [5.74, 6) is 3.03. The second-order valence-corrected chi connectivity index (χ2v) is 9.07. The number of rotatable bonds is 7. The summed E-state index contributed by atoms with van der Waals surface area (Å²) in [4.78, 5) is 11.3. The van der Waals surface area contributed by atoms with Gasteiger partial charge in [0.2, 0.25) is 5.89 Å². The minimum absolute atomic E-state index is 0.0433. The third-order valence-corrected chi connectivity index (χ3v) is 6.81. The third kappa shape index (κ3) is 5.45. The molecule has 1 aromatic carbocycles. The van der Waals surface area contributed by atoms with Crippen LogP contribution in [0, 0.1) is 25.6 Å². The number of nitrogens with one attached hydrogen (secondary N) is 2. The molecule has 1 aliphatic carbocycles. The number of hydrogen-bond acceptors (Lipinski definition) is 4. The van der Waals surface area contributed by atoms with Gasteiger partial charge in [-0.15, -0.1) is 0 Å². The van der Waals surface area contributed by atoms with Crippen LogP contribution in [0.5, 0.6) is 0 Å². The van der Waals surface area contributed by atoms with Crippen LogP contribution >= 0.6 is 0 Å². The Labute approximate surface area is 184 Å². The summed E-state index contributed by atoms with van der Waals surface area (Å²) < 4.78 is 19.3. The Morgan fingerprint density at radius 1 is 1.26 bits per heavy atom. The first-order valence-electron chi connectivity index (χ1n) is 11.3. The molecule has 0 atom stereocenters. The van der Waals surface area contributed by atoms with Crippen LogP contribution in [-0.4, -0.2) is 49.1 Å². The summed E-state index contributed by atoms with van der Waals surface area (Å²) in [5, 5.41) is 6.96. The summed E-state index contributed by atoms with van der Waals surface area (Å²) >= 11 is 0. The second kappa shape index (κ2) is 9.39. The Hall–Kier alpha value is -2.41. The van der Waals surface area contributed by atoms with E-state index in [1.54, 1.807) is 19.2 Å². The van der Waals surface area contributed by atoms with Crippen molar-refractivity contribution in [2.45, 2.75) is 51.5 Å². The highest BCUT2D eigenvalue weighted by Gasteiger charge is 2.44. The van der Waals surface area contributed by atoms with Gasteiger partial charge in [0.1, 0.15) is 11.6 Å². The van der Waals surface area contributed by atoms with E-state index in [0.717, 1.165) is 87.3 Å². The highest BCUT2D eigenvalue weighted by molar-refractivity contribution is 5.79. The zero-order chi connectivity index (χ0) is 21.8. The smallest absolute Gasteiger partial charge is 0.208 e. The average Bonchev–Trinajstić information content (AvgIpc) is 3.49. The Bertz CT molecular complexity index is 893. The van der Waals surface area contributed by atoms with E-state index in [-0.39, 0.29) is 11.2 Å². The highest BCUT2D eigenvalue weighted by atomic mass is 19.1. The van der Waals surface area contributed by atoms with Gasteiger partial charge in [-0.3, -0.25) is 9.89 Å². The number of hydrogen-bond donors (Lipinski definition) is 2. The molecular weight excluding hydrogens is 393 g/mol. The summed E-state index contributed by atoms with van der Waals surface area (Å²) in [6.07, 6.45) is 4.47. The number of oxazole rings is 1. The molecule has 1 saturated heterocycles. The van der Waals surface area contributed by atoms with Gasteiger partial charge in [-0.1, -0.05) is 12.1 Å². The Balaban J connectivity index is 1.19. The van der Waals surface area contributed by atoms with Crippen LogP contribution < -0.4 is 10.6 Å². The predicted octanol–water partition coefficient (Wildman–Crippen LogP) is 3.54. The number of likely N-dealkylation sites (tertiary alicyclic amines) is 1. The molecule has 0 amide bonds. The molecule has 0 bridgehead atoms. The van der Waals surface area contributed by atoms with Crippen molar-refractivity contribution in [3.05, 3.63) is 53.0 Å². The first kappa shape index (κ1) is 21.8.